The molecule has 0 aromatic carbocycles. The van der Waals surface area contributed by atoms with E-state index >= 15 is 0 Å². The SMILES string of the molecule is CN(CCCF)CCCCCN. The number of hydrogen-bond acceptors (Lipinski definition) is 2. The highest BCUT2D eigenvalue weighted by molar-refractivity contribution is 4.52. The summed E-state index contributed by atoms with van der Waals surface area (Å²) in [5, 5.41) is 0. The molecule has 0 amide bonds. The van der Waals surface area contributed by atoms with Gasteiger partial charge in [-0.25, -0.2) is 0 Å². The maximum atomic E-state index is 11.8. The average Bonchev–Trinajstić information content (AvgIpc) is 2.09. The van der Waals surface area contributed by atoms with Gasteiger partial charge in [0.2, 0.25) is 0 Å². The minimum atomic E-state index is -0.201. The van der Waals surface area contributed by atoms with Crippen molar-refractivity contribution < 1.29 is 4.39 Å². The van der Waals surface area contributed by atoms with E-state index in [4.69, 9.17) is 5.73 Å². The summed E-state index contributed by atoms with van der Waals surface area (Å²) in [7, 11) is 2.04. The summed E-state index contributed by atoms with van der Waals surface area (Å²) in [5.74, 6) is 0. The molecule has 2 N–H and O–H groups in total. The third-order valence-electron chi connectivity index (χ3n) is 1.92. The molecule has 0 aliphatic carbocycles. The highest BCUT2D eigenvalue weighted by Gasteiger charge is 1.96. The van der Waals surface area contributed by atoms with Crippen LogP contribution >= 0.6 is 0 Å². The lowest BCUT2D eigenvalue weighted by atomic mass is 10.2. The second-order valence-electron chi connectivity index (χ2n) is 3.20. The summed E-state index contributed by atoms with van der Waals surface area (Å²) in [6, 6.07) is 0. The van der Waals surface area contributed by atoms with Gasteiger partial charge in [0.05, 0.1) is 6.67 Å². The molecule has 0 rings (SSSR count). The Hall–Kier alpha value is -0.150. The Labute approximate surface area is 74.9 Å². The maximum Gasteiger partial charge on any atom is 0.0906 e. The van der Waals surface area contributed by atoms with E-state index in [1.165, 1.54) is 12.8 Å². The first kappa shape index (κ1) is 11.8. The Bertz CT molecular complexity index is 88.6. The molecule has 2 nitrogen and oxygen atoms in total. The smallest absolute Gasteiger partial charge is 0.0906 e. The molecule has 0 aromatic heterocycles. The average molecular weight is 176 g/mol. The lowest BCUT2D eigenvalue weighted by molar-refractivity contribution is 0.302. The van der Waals surface area contributed by atoms with E-state index in [-0.39, 0.29) is 6.67 Å². The largest absolute Gasteiger partial charge is 0.330 e. The van der Waals surface area contributed by atoms with Crippen LogP contribution in [0.1, 0.15) is 25.7 Å². The summed E-state index contributed by atoms with van der Waals surface area (Å²) in [4.78, 5) is 2.18. The van der Waals surface area contributed by atoms with Crippen LogP contribution in [0.25, 0.3) is 0 Å². The quantitative estimate of drug-likeness (QED) is 0.566. The van der Waals surface area contributed by atoms with Crippen molar-refractivity contribution >= 4 is 0 Å². The van der Waals surface area contributed by atoms with Crippen molar-refractivity contribution in [2.24, 2.45) is 5.73 Å². The highest BCUT2D eigenvalue weighted by Crippen LogP contribution is 1.96. The zero-order chi connectivity index (χ0) is 9.23. The van der Waals surface area contributed by atoms with Gasteiger partial charge in [0.25, 0.3) is 0 Å². The molecular weight excluding hydrogens is 155 g/mol. The molecule has 3 heteroatoms. The molecule has 0 bridgehead atoms. The number of halogens is 1. The van der Waals surface area contributed by atoms with Crippen LogP contribution in [0.15, 0.2) is 0 Å². The van der Waals surface area contributed by atoms with Crippen LogP contribution in [-0.4, -0.2) is 38.3 Å². The van der Waals surface area contributed by atoms with Crippen LogP contribution in [0.5, 0.6) is 0 Å². The summed E-state index contributed by atoms with van der Waals surface area (Å²) < 4.78 is 11.8. The second kappa shape index (κ2) is 8.94. The topological polar surface area (TPSA) is 29.3 Å². The van der Waals surface area contributed by atoms with Crippen molar-refractivity contribution in [2.75, 3.05) is 33.4 Å². The van der Waals surface area contributed by atoms with Gasteiger partial charge in [-0.1, -0.05) is 6.42 Å². The minimum Gasteiger partial charge on any atom is -0.330 e. The lowest BCUT2D eigenvalue weighted by Crippen LogP contribution is -2.21. The summed E-state index contributed by atoms with van der Waals surface area (Å²) in [5.41, 5.74) is 5.36. The van der Waals surface area contributed by atoms with E-state index in [1.54, 1.807) is 0 Å². The fraction of sp³-hybridized carbons (Fsp3) is 1.00. The number of unbranched alkanes of at least 4 members (excludes halogenated alkanes) is 2. The highest BCUT2D eigenvalue weighted by atomic mass is 19.1. The molecule has 0 saturated carbocycles. The van der Waals surface area contributed by atoms with E-state index in [0.29, 0.717) is 6.42 Å². The molecule has 0 aliphatic rings. The molecule has 0 aliphatic heterocycles. The molecule has 0 heterocycles. The van der Waals surface area contributed by atoms with Crippen LogP contribution in [0.2, 0.25) is 0 Å². The predicted molar refractivity (Wildman–Crippen MR) is 51.0 cm³/mol. The van der Waals surface area contributed by atoms with Crippen LogP contribution < -0.4 is 5.73 Å². The zero-order valence-electron chi connectivity index (χ0n) is 8.06. The number of nitrogens with two attached hydrogens (primary N) is 1. The van der Waals surface area contributed by atoms with Crippen molar-refractivity contribution in [1.82, 2.24) is 4.90 Å². The van der Waals surface area contributed by atoms with E-state index in [9.17, 15) is 4.39 Å². The van der Waals surface area contributed by atoms with Gasteiger partial charge in [-0.3, -0.25) is 4.39 Å². The van der Waals surface area contributed by atoms with Crippen molar-refractivity contribution in [3.05, 3.63) is 0 Å². The minimum absolute atomic E-state index is 0.201. The molecule has 0 aromatic rings. The van der Waals surface area contributed by atoms with Crippen LogP contribution in [0.4, 0.5) is 4.39 Å². The molecule has 12 heavy (non-hydrogen) atoms. The second-order valence-corrected chi connectivity index (χ2v) is 3.20. The molecular formula is C9H21FN2. The Kier molecular flexibility index (Phi) is 8.83. The molecule has 0 radical (unpaired) electrons. The molecule has 74 valence electrons. The fourth-order valence-corrected chi connectivity index (χ4v) is 1.14. The Morgan fingerprint density at radius 2 is 1.75 bits per heavy atom. The zero-order valence-corrected chi connectivity index (χ0v) is 8.06. The normalized spacial score (nSPS) is 11.0. The molecule has 0 unspecified atom stereocenters. The first-order chi connectivity index (χ1) is 5.81. The van der Waals surface area contributed by atoms with Crippen LogP contribution in [0.3, 0.4) is 0 Å². The van der Waals surface area contributed by atoms with E-state index in [0.717, 1.165) is 26.1 Å². The number of nitrogens with zero attached hydrogens (tertiary/aromatic N) is 1. The Balaban J connectivity index is 3.02. The predicted octanol–water partition coefficient (Wildman–Crippen LogP) is 1.41. The first-order valence-electron chi connectivity index (χ1n) is 4.76. The van der Waals surface area contributed by atoms with Gasteiger partial charge >= 0.3 is 0 Å². The molecule has 0 spiro atoms. The maximum absolute atomic E-state index is 11.8. The van der Waals surface area contributed by atoms with Gasteiger partial charge in [0.15, 0.2) is 0 Å². The number of alkyl halides is 1. The van der Waals surface area contributed by atoms with Gasteiger partial charge in [-0.15, -0.1) is 0 Å². The van der Waals surface area contributed by atoms with Gasteiger partial charge < -0.3 is 10.6 Å². The van der Waals surface area contributed by atoms with Gasteiger partial charge in [-0.05, 0) is 39.4 Å². The summed E-state index contributed by atoms with van der Waals surface area (Å²) in [6.07, 6.45) is 4.14. The first-order valence-corrected chi connectivity index (χ1v) is 4.76. The standard InChI is InChI=1S/C9H21FN2/c1-12(9-5-6-10)8-4-2-3-7-11/h2-9,11H2,1H3. The van der Waals surface area contributed by atoms with Gasteiger partial charge in [0.1, 0.15) is 0 Å². The Morgan fingerprint density at radius 3 is 2.33 bits per heavy atom. The summed E-state index contributed by atoms with van der Waals surface area (Å²) in [6.45, 7) is 2.53. The third kappa shape index (κ3) is 7.95. The molecule has 0 saturated heterocycles. The van der Waals surface area contributed by atoms with Gasteiger partial charge in [-0.2, -0.15) is 0 Å². The third-order valence-corrected chi connectivity index (χ3v) is 1.92. The number of hydrogen-bond donors (Lipinski definition) is 1. The molecule has 0 fully saturated rings. The van der Waals surface area contributed by atoms with Crippen molar-refractivity contribution in [3.8, 4) is 0 Å². The monoisotopic (exact) mass is 176 g/mol. The van der Waals surface area contributed by atoms with Crippen molar-refractivity contribution in [1.29, 1.82) is 0 Å². The van der Waals surface area contributed by atoms with Crippen molar-refractivity contribution in [2.45, 2.75) is 25.7 Å². The fourth-order valence-electron chi connectivity index (χ4n) is 1.14. The number of rotatable bonds is 8. The van der Waals surface area contributed by atoms with Crippen LogP contribution in [0, 0.1) is 0 Å². The summed E-state index contributed by atoms with van der Waals surface area (Å²) >= 11 is 0. The Morgan fingerprint density at radius 1 is 1.08 bits per heavy atom. The van der Waals surface area contributed by atoms with E-state index in [2.05, 4.69) is 4.90 Å². The van der Waals surface area contributed by atoms with Crippen LogP contribution in [-0.2, 0) is 0 Å². The molecule has 0 atom stereocenters. The van der Waals surface area contributed by atoms with E-state index < -0.39 is 0 Å². The van der Waals surface area contributed by atoms with E-state index in [1.807, 2.05) is 7.05 Å². The lowest BCUT2D eigenvalue weighted by Gasteiger charge is -2.14. The van der Waals surface area contributed by atoms with Crippen molar-refractivity contribution in [3.63, 3.8) is 0 Å². The van der Waals surface area contributed by atoms with Gasteiger partial charge in [0, 0.05) is 6.54 Å².